The third kappa shape index (κ3) is 17.9. The van der Waals surface area contributed by atoms with Crippen LogP contribution in [0, 0.1) is 0 Å². The zero-order chi connectivity index (χ0) is 0. The van der Waals surface area contributed by atoms with Gasteiger partial charge >= 0.3 is 86.6 Å². The molecule has 0 rings (SSSR count). The minimum Gasteiger partial charge on any atom is -2.00 e. The Labute approximate surface area is 132 Å². The Morgan fingerprint density at radius 3 is 1.00 bits per heavy atom. The fourth-order valence-electron chi connectivity index (χ4n) is 0. The van der Waals surface area contributed by atoms with Crippen LogP contribution in [-0.2, 0) is 22.5 Å². The van der Waals surface area contributed by atoms with Crippen LogP contribution >= 0.6 is 0 Å². The smallest absolute Gasteiger partial charge is 0 e. The van der Waals surface area contributed by atoms with Crippen LogP contribution < -0.4 is 0 Å². The van der Waals surface area contributed by atoms with Crippen molar-refractivity contribution in [1.29, 1.82) is 0 Å². The quantitative estimate of drug-likeness (QED) is 0.380. The maximum Gasteiger partial charge on any atom is 0 e. The van der Waals surface area contributed by atoms with Crippen LogP contribution in [0.1, 0.15) is 0 Å². The molecule has 2 radical (unpaired) electrons. The van der Waals surface area contributed by atoms with Gasteiger partial charge in [-0.05, 0) is 0 Å². The molecule has 0 bridgehead atoms. The minimum absolute atomic E-state index is 0. The molecule has 0 heterocycles. The van der Waals surface area contributed by atoms with Gasteiger partial charge in [0.25, 0.3) is 0 Å². The fourth-order valence-corrected chi connectivity index (χ4v) is 0. The van der Waals surface area contributed by atoms with Crippen LogP contribution in [-0.4, -0.2) is 114 Å². The van der Waals surface area contributed by atoms with Gasteiger partial charge in [-0.15, -0.1) is 0 Å². The van der Waals surface area contributed by atoms with E-state index in [2.05, 4.69) is 0 Å². The Hall–Kier alpha value is 4.23. The Morgan fingerprint density at radius 1 is 1.00 bits per heavy atom. The van der Waals surface area contributed by atoms with E-state index in [0.717, 1.165) is 0 Å². The van der Waals surface area contributed by atoms with Crippen LogP contribution in [0.25, 0.3) is 0 Å². The molecule has 0 saturated heterocycles. The third-order valence-corrected chi connectivity index (χ3v) is 0. The maximum absolute atomic E-state index is 0. The Balaban J connectivity index is 0. The average Bonchev–Trinajstić information content (AvgIpc) is 0. The molecule has 0 aliphatic rings. The van der Waals surface area contributed by atoms with Crippen molar-refractivity contribution in [2.24, 2.45) is 0 Å². The van der Waals surface area contributed by atoms with E-state index in [9.17, 15) is 0 Å². The number of rotatable bonds is 0. The molecule has 0 fully saturated rings. The van der Waals surface area contributed by atoms with Gasteiger partial charge in [0, 0.05) is 44.4 Å². The molecule has 5 heteroatoms. The van der Waals surface area contributed by atoms with Crippen molar-refractivity contribution in [2.45, 2.75) is 0 Å². The zero-order valence-corrected chi connectivity index (χ0v) is 11.9. The molecule has 0 aromatic heterocycles. The van der Waals surface area contributed by atoms with Crippen LogP contribution in [0.5, 0.6) is 0 Å². The summed E-state index contributed by atoms with van der Waals surface area (Å²) in [6.45, 7) is 0. The summed E-state index contributed by atoms with van der Waals surface area (Å²) in [5.74, 6) is 0. The van der Waals surface area contributed by atoms with Crippen molar-refractivity contribution in [1.82, 2.24) is 0 Å². The van der Waals surface area contributed by atoms with E-state index < -0.39 is 0 Å². The van der Waals surface area contributed by atoms with E-state index in [1.54, 1.807) is 0 Å². The molecule has 0 aliphatic carbocycles. The summed E-state index contributed by atoms with van der Waals surface area (Å²) in [6, 6.07) is 0. The van der Waals surface area contributed by atoms with Gasteiger partial charge in [-0.2, -0.15) is 0 Å². The Morgan fingerprint density at radius 2 is 1.00 bits per heavy atom. The second-order valence-electron chi connectivity index (χ2n) is 0. The van der Waals surface area contributed by atoms with Crippen molar-refractivity contribution in [2.75, 3.05) is 0 Å². The predicted octanol–water partition coefficient (Wildman–Crippen LogP) is -1.80. The van der Waals surface area contributed by atoms with Gasteiger partial charge in [-0.3, -0.25) is 0 Å². The fraction of sp³-hybridized carbons (Fsp3) is 0. The molecule has 0 atom stereocenters. The summed E-state index contributed by atoms with van der Waals surface area (Å²) in [4.78, 5) is 0. The molecule has 0 aliphatic heterocycles. The summed E-state index contributed by atoms with van der Waals surface area (Å²) < 4.78 is 0. The van der Waals surface area contributed by atoms with Crippen molar-refractivity contribution in [3.05, 3.63) is 0 Å². The maximum atomic E-state index is 0. The molecule has 0 unspecified atom stereocenters. The van der Waals surface area contributed by atoms with E-state index >= 15 is 0 Å². The second-order valence-corrected chi connectivity index (χ2v) is 0. The zero-order valence-electron chi connectivity index (χ0n) is 1.99. The first-order chi connectivity index (χ1) is 0. The van der Waals surface area contributed by atoms with Crippen molar-refractivity contribution in [3.8, 4) is 0 Å². The largest absolute Gasteiger partial charge is 2.00 e. The van der Waals surface area contributed by atoms with Crippen LogP contribution in [0.3, 0.4) is 0 Å². The van der Waals surface area contributed by atoms with Crippen LogP contribution in [0.2, 0.25) is 0 Å². The normalized spacial score (nSPS) is 0. The van der Waals surface area contributed by atoms with Crippen LogP contribution in [0.15, 0.2) is 0 Å². The Kier molecular flexibility index (Phi) is 168. The predicted molar refractivity (Wildman–Crippen MR) is 20.7 cm³/mol. The van der Waals surface area contributed by atoms with Gasteiger partial charge < -0.3 is 5.48 Å². The molecular formula is H2BaCaCuOTl. The van der Waals surface area contributed by atoms with Gasteiger partial charge in [-0.1, -0.05) is 0 Å². The average molecular weight is 463 g/mol. The monoisotopic (exact) mass is 464 g/mol. The summed E-state index contributed by atoms with van der Waals surface area (Å²) in [6.07, 6.45) is 0. The van der Waals surface area contributed by atoms with Crippen molar-refractivity contribution >= 4 is 114 Å². The van der Waals surface area contributed by atoms with E-state index in [-0.39, 0.29) is 136 Å². The van der Waals surface area contributed by atoms with Crippen molar-refractivity contribution < 1.29 is 22.5 Å². The molecule has 0 saturated carbocycles. The second kappa shape index (κ2) is 24.0. The molecule has 26 valence electrons. The molecule has 0 spiro atoms. The first-order valence-electron chi connectivity index (χ1n) is 0. The third-order valence-electron chi connectivity index (χ3n) is 0. The first-order valence-corrected chi connectivity index (χ1v) is 0. The molecule has 1 nitrogen and oxygen atoms in total. The van der Waals surface area contributed by atoms with Crippen LogP contribution in [0.4, 0.5) is 0 Å². The molecule has 5 heavy (non-hydrogen) atoms. The van der Waals surface area contributed by atoms with Gasteiger partial charge in [0.15, 0.2) is 0 Å². The van der Waals surface area contributed by atoms with Gasteiger partial charge in [-0.25, -0.2) is 0 Å². The first kappa shape index (κ1) is 34.9. The SMILES string of the molecule is [Ba+2].[CaH2].[Cu].[O-2].[Tl]. The molecule has 0 N–H and O–H groups in total. The van der Waals surface area contributed by atoms with E-state index in [1.807, 2.05) is 0 Å². The topological polar surface area (TPSA) is 28.5 Å². The Bertz CT molecular complexity index is 11.6. The van der Waals surface area contributed by atoms with E-state index in [0.29, 0.717) is 0 Å². The van der Waals surface area contributed by atoms with E-state index in [1.165, 1.54) is 0 Å². The number of hydrogen-bond donors (Lipinski definition) is 0. The number of hydrogen-bond acceptors (Lipinski definition) is 0. The summed E-state index contributed by atoms with van der Waals surface area (Å²) >= 11 is 0. The summed E-state index contributed by atoms with van der Waals surface area (Å²) in [5.41, 5.74) is 0. The molecule has 0 amide bonds. The molecular weight excluding hydrogens is 461 g/mol. The van der Waals surface area contributed by atoms with Gasteiger partial charge in [0.1, 0.15) is 0 Å². The standard InChI is InChI=1S/Ba.Ca.Cu.O.Tl.2H/q+2;;;-2;;;. The summed E-state index contributed by atoms with van der Waals surface area (Å²) in [7, 11) is 0. The van der Waals surface area contributed by atoms with Gasteiger partial charge in [0.05, 0.1) is 0 Å². The molecule has 0 aromatic carbocycles. The van der Waals surface area contributed by atoms with Crippen molar-refractivity contribution in [3.63, 3.8) is 0 Å². The molecule has 0 aromatic rings. The van der Waals surface area contributed by atoms with Gasteiger partial charge in [0.2, 0.25) is 0 Å². The van der Waals surface area contributed by atoms with E-state index in [4.69, 9.17) is 0 Å². The minimum atomic E-state index is 0. The summed E-state index contributed by atoms with van der Waals surface area (Å²) in [5, 5.41) is 0.